The van der Waals surface area contributed by atoms with Crippen LogP contribution in [0.2, 0.25) is 18.1 Å². The van der Waals surface area contributed by atoms with Gasteiger partial charge < -0.3 is 14.5 Å². The van der Waals surface area contributed by atoms with Crippen molar-refractivity contribution in [3.8, 4) is 0 Å². The van der Waals surface area contributed by atoms with Crippen LogP contribution >= 0.6 is 0 Å². The number of hydrogen-bond donors (Lipinski definition) is 1. The molecule has 1 fully saturated rings. The van der Waals surface area contributed by atoms with Gasteiger partial charge >= 0.3 is 6.09 Å². The second kappa shape index (κ2) is 7.50. The largest absolute Gasteiger partial charge is 0.445 e. The molecule has 1 aliphatic rings. The fourth-order valence-corrected chi connectivity index (χ4v) is 4.71. The van der Waals surface area contributed by atoms with Crippen molar-refractivity contribution in [2.45, 2.75) is 83.3 Å². The Morgan fingerprint density at radius 2 is 1.84 bits per heavy atom. The Balaban J connectivity index is 1.80. The molecule has 1 aliphatic carbocycles. The second-order valence-electron chi connectivity index (χ2n) is 8.71. The SMILES string of the molecule is CC[C@]1(O[Si](C)(C)C(C)(C)C)C[C@@H](NC(=O)OCc2ccccc2)C1. The predicted octanol–water partition coefficient (Wildman–Crippen LogP) is 5.25. The van der Waals surface area contributed by atoms with E-state index in [4.69, 9.17) is 9.16 Å². The van der Waals surface area contributed by atoms with E-state index in [9.17, 15) is 4.79 Å². The minimum Gasteiger partial charge on any atom is -0.445 e. The van der Waals surface area contributed by atoms with E-state index < -0.39 is 8.32 Å². The van der Waals surface area contributed by atoms with E-state index in [1.165, 1.54) is 0 Å². The summed E-state index contributed by atoms with van der Waals surface area (Å²) in [6.45, 7) is 13.8. The van der Waals surface area contributed by atoms with Crippen molar-refractivity contribution in [2.24, 2.45) is 0 Å². The van der Waals surface area contributed by atoms with Crippen LogP contribution in [0.3, 0.4) is 0 Å². The van der Waals surface area contributed by atoms with Crippen molar-refractivity contribution in [1.29, 1.82) is 0 Å². The van der Waals surface area contributed by atoms with Crippen LogP contribution in [0, 0.1) is 0 Å². The van der Waals surface area contributed by atoms with Crippen LogP contribution in [-0.2, 0) is 15.8 Å². The van der Waals surface area contributed by atoms with Gasteiger partial charge in [0.25, 0.3) is 0 Å². The van der Waals surface area contributed by atoms with Gasteiger partial charge in [0.1, 0.15) is 6.61 Å². The van der Waals surface area contributed by atoms with Gasteiger partial charge in [0.05, 0.1) is 5.60 Å². The molecule has 1 aromatic rings. The molecule has 0 atom stereocenters. The lowest BCUT2D eigenvalue weighted by molar-refractivity contribution is -0.0452. The van der Waals surface area contributed by atoms with Gasteiger partial charge in [-0.05, 0) is 43.0 Å². The topological polar surface area (TPSA) is 47.6 Å². The first-order valence-corrected chi connectivity index (χ1v) is 12.2. The molecule has 1 amide bonds. The molecule has 0 aromatic heterocycles. The van der Waals surface area contributed by atoms with Gasteiger partial charge in [-0.2, -0.15) is 0 Å². The van der Waals surface area contributed by atoms with E-state index in [2.05, 4.69) is 46.1 Å². The first kappa shape index (κ1) is 20.0. The molecule has 0 radical (unpaired) electrons. The molecule has 0 spiro atoms. The average molecular weight is 364 g/mol. The highest BCUT2D eigenvalue weighted by atomic mass is 28.4. The molecule has 4 nitrogen and oxygen atoms in total. The molecule has 0 bridgehead atoms. The highest BCUT2D eigenvalue weighted by Crippen LogP contribution is 2.46. The lowest BCUT2D eigenvalue weighted by Crippen LogP contribution is -2.61. The fourth-order valence-electron chi connectivity index (χ4n) is 3.01. The summed E-state index contributed by atoms with van der Waals surface area (Å²) in [7, 11) is -1.80. The maximum Gasteiger partial charge on any atom is 0.407 e. The molecule has 25 heavy (non-hydrogen) atoms. The number of benzene rings is 1. The quantitative estimate of drug-likeness (QED) is 0.703. The van der Waals surface area contributed by atoms with Crippen molar-refractivity contribution in [2.75, 3.05) is 0 Å². The molecule has 0 aliphatic heterocycles. The van der Waals surface area contributed by atoms with Crippen molar-refractivity contribution in [1.82, 2.24) is 5.32 Å². The Morgan fingerprint density at radius 1 is 1.24 bits per heavy atom. The maximum absolute atomic E-state index is 12.0. The number of rotatable bonds is 6. The van der Waals surface area contributed by atoms with E-state index in [1.54, 1.807) is 0 Å². The summed E-state index contributed by atoms with van der Waals surface area (Å²) >= 11 is 0. The van der Waals surface area contributed by atoms with Gasteiger partial charge in [-0.3, -0.25) is 0 Å². The Labute approximate surface area is 153 Å². The van der Waals surface area contributed by atoms with Crippen LogP contribution in [0.15, 0.2) is 30.3 Å². The van der Waals surface area contributed by atoms with E-state index >= 15 is 0 Å². The predicted molar refractivity (Wildman–Crippen MR) is 104 cm³/mol. The summed E-state index contributed by atoms with van der Waals surface area (Å²) in [6, 6.07) is 9.88. The van der Waals surface area contributed by atoms with Crippen LogP contribution in [0.4, 0.5) is 4.79 Å². The smallest absolute Gasteiger partial charge is 0.407 e. The van der Waals surface area contributed by atoms with Crippen molar-refractivity contribution in [3.63, 3.8) is 0 Å². The molecular formula is C20H33NO3Si. The van der Waals surface area contributed by atoms with Gasteiger partial charge in [0, 0.05) is 6.04 Å². The molecule has 1 saturated carbocycles. The van der Waals surface area contributed by atoms with Crippen LogP contribution < -0.4 is 5.32 Å². The minimum absolute atomic E-state index is 0.0830. The zero-order valence-electron chi connectivity index (χ0n) is 16.5. The van der Waals surface area contributed by atoms with Crippen molar-refractivity contribution in [3.05, 3.63) is 35.9 Å². The number of nitrogens with one attached hydrogen (secondary N) is 1. The minimum atomic E-state index is -1.80. The molecule has 2 rings (SSSR count). The lowest BCUT2D eigenvalue weighted by atomic mass is 9.74. The van der Waals surface area contributed by atoms with Crippen LogP contribution in [0.5, 0.6) is 0 Å². The summed E-state index contributed by atoms with van der Waals surface area (Å²) in [5.41, 5.74) is 0.913. The zero-order valence-corrected chi connectivity index (χ0v) is 17.5. The molecule has 1 N–H and O–H groups in total. The lowest BCUT2D eigenvalue weighted by Gasteiger charge is -2.53. The Kier molecular flexibility index (Phi) is 6.00. The number of alkyl carbamates (subject to hydrolysis) is 1. The summed E-state index contributed by atoms with van der Waals surface area (Å²) < 4.78 is 12.0. The number of carbonyl (C=O) groups excluding carboxylic acids is 1. The number of ether oxygens (including phenoxy) is 1. The van der Waals surface area contributed by atoms with Gasteiger partial charge in [-0.1, -0.05) is 58.0 Å². The first-order valence-electron chi connectivity index (χ1n) is 9.24. The molecule has 140 valence electrons. The van der Waals surface area contributed by atoms with Crippen LogP contribution in [0.1, 0.15) is 52.5 Å². The molecule has 1 aromatic carbocycles. The highest BCUT2D eigenvalue weighted by molar-refractivity contribution is 6.74. The maximum atomic E-state index is 12.0. The molecule has 0 heterocycles. The van der Waals surface area contributed by atoms with Gasteiger partial charge in [-0.15, -0.1) is 0 Å². The fraction of sp³-hybridized carbons (Fsp3) is 0.650. The second-order valence-corrected chi connectivity index (χ2v) is 13.4. The third-order valence-electron chi connectivity index (χ3n) is 5.69. The number of amides is 1. The molecular weight excluding hydrogens is 330 g/mol. The Morgan fingerprint density at radius 3 is 2.36 bits per heavy atom. The van der Waals surface area contributed by atoms with E-state index in [0.717, 1.165) is 24.8 Å². The summed E-state index contributed by atoms with van der Waals surface area (Å²) in [5, 5.41) is 3.17. The standard InChI is InChI=1S/C20H33NO3Si/c1-7-20(24-25(5,6)19(2,3)4)13-17(14-20)21-18(22)23-15-16-11-9-8-10-12-16/h8-12,17H,7,13-15H2,1-6H3,(H,21,22)/t17-,20+. The van der Waals surface area contributed by atoms with Crippen molar-refractivity contribution >= 4 is 14.4 Å². The van der Waals surface area contributed by atoms with Gasteiger partial charge in [-0.25, -0.2) is 4.79 Å². The molecule has 0 unspecified atom stereocenters. The highest BCUT2D eigenvalue weighted by Gasteiger charge is 2.50. The zero-order chi connectivity index (χ0) is 18.7. The molecule has 0 saturated heterocycles. The monoisotopic (exact) mass is 363 g/mol. The van der Waals surface area contributed by atoms with Crippen molar-refractivity contribution < 1.29 is 14.0 Å². The average Bonchev–Trinajstić information content (AvgIpc) is 2.50. The number of hydrogen-bond acceptors (Lipinski definition) is 3. The van der Waals surface area contributed by atoms with Gasteiger partial charge in [0.15, 0.2) is 8.32 Å². The normalized spacial score (nSPS) is 23.7. The summed E-state index contributed by atoms with van der Waals surface area (Å²) in [4.78, 5) is 12.0. The van der Waals surface area contributed by atoms with E-state index in [-0.39, 0.29) is 22.8 Å². The first-order chi connectivity index (χ1) is 11.6. The number of carbonyl (C=O) groups is 1. The Bertz CT molecular complexity index is 574. The van der Waals surface area contributed by atoms with Crippen LogP contribution in [-0.4, -0.2) is 26.1 Å². The molecule has 5 heteroatoms. The van der Waals surface area contributed by atoms with E-state index in [0.29, 0.717) is 6.61 Å². The third kappa shape index (κ3) is 5.08. The summed E-state index contributed by atoms with van der Waals surface area (Å²) in [6.07, 6.45) is 2.38. The van der Waals surface area contributed by atoms with Crippen LogP contribution in [0.25, 0.3) is 0 Å². The Hall–Kier alpha value is -1.33. The summed E-state index contributed by atoms with van der Waals surface area (Å²) in [5.74, 6) is 0. The van der Waals surface area contributed by atoms with Gasteiger partial charge in [0.2, 0.25) is 0 Å². The van der Waals surface area contributed by atoms with E-state index in [1.807, 2.05) is 30.3 Å². The third-order valence-corrected chi connectivity index (χ3v) is 10.2.